The van der Waals surface area contributed by atoms with Crippen LogP contribution < -0.4 is 0 Å². The first-order valence-corrected chi connectivity index (χ1v) is 5.95. The van der Waals surface area contributed by atoms with Crippen molar-refractivity contribution in [3.8, 4) is 0 Å². The highest BCUT2D eigenvalue weighted by molar-refractivity contribution is 7.87. The Balaban J connectivity index is 3.33. The molecule has 16 heavy (non-hydrogen) atoms. The molecule has 0 saturated heterocycles. The predicted octanol–water partition coefficient (Wildman–Crippen LogP) is 2.44. The standard InChI is InChI=1S/C10H12F2O3S/c1-9(2,8-6-4-3-5-7-8)10(11,12)16(13,14)15/h3-7H,1-2H3,(H,13,14,15). The van der Waals surface area contributed by atoms with E-state index >= 15 is 0 Å². The van der Waals surface area contributed by atoms with Crippen LogP contribution in [0.15, 0.2) is 30.3 Å². The van der Waals surface area contributed by atoms with Crippen molar-refractivity contribution in [1.29, 1.82) is 0 Å². The minimum absolute atomic E-state index is 0.137. The lowest BCUT2D eigenvalue weighted by molar-refractivity contribution is 0.0101. The lowest BCUT2D eigenvalue weighted by Crippen LogP contribution is -2.46. The van der Waals surface area contributed by atoms with E-state index in [1.54, 1.807) is 6.07 Å². The van der Waals surface area contributed by atoms with Gasteiger partial charge < -0.3 is 0 Å². The Hall–Kier alpha value is -1.01. The monoisotopic (exact) mass is 250 g/mol. The number of alkyl halides is 2. The molecule has 1 rings (SSSR count). The molecule has 1 aromatic carbocycles. The van der Waals surface area contributed by atoms with Gasteiger partial charge in [0.05, 0.1) is 5.41 Å². The first kappa shape index (κ1) is 13.1. The molecule has 0 heterocycles. The first-order valence-electron chi connectivity index (χ1n) is 4.51. The number of halogens is 2. The molecule has 0 bridgehead atoms. The van der Waals surface area contributed by atoms with Gasteiger partial charge in [0.2, 0.25) is 0 Å². The second-order valence-corrected chi connectivity index (χ2v) is 5.45. The Bertz CT molecular complexity index is 466. The van der Waals surface area contributed by atoms with Gasteiger partial charge in [0.1, 0.15) is 0 Å². The maximum atomic E-state index is 13.6. The first-order chi connectivity index (χ1) is 7.11. The van der Waals surface area contributed by atoms with Gasteiger partial charge in [-0.25, -0.2) is 0 Å². The van der Waals surface area contributed by atoms with Gasteiger partial charge in [-0.05, 0) is 19.4 Å². The molecule has 6 heteroatoms. The quantitative estimate of drug-likeness (QED) is 0.838. The summed E-state index contributed by atoms with van der Waals surface area (Å²) in [6, 6.07) is 7.46. The summed E-state index contributed by atoms with van der Waals surface area (Å²) in [5, 5.41) is -4.23. The summed E-state index contributed by atoms with van der Waals surface area (Å²) in [5.74, 6) is 0. The second kappa shape index (κ2) is 3.78. The molecule has 1 N–H and O–H groups in total. The lowest BCUT2D eigenvalue weighted by atomic mass is 9.85. The van der Waals surface area contributed by atoms with Crippen molar-refractivity contribution in [2.75, 3.05) is 0 Å². The fourth-order valence-corrected chi connectivity index (χ4v) is 2.11. The lowest BCUT2D eigenvalue weighted by Gasteiger charge is -2.31. The van der Waals surface area contributed by atoms with Gasteiger partial charge in [0.25, 0.3) is 0 Å². The molecule has 1 aromatic rings. The number of hydrogen-bond acceptors (Lipinski definition) is 2. The Morgan fingerprint density at radius 1 is 1.12 bits per heavy atom. The highest BCUT2D eigenvalue weighted by Crippen LogP contribution is 2.42. The van der Waals surface area contributed by atoms with E-state index in [4.69, 9.17) is 4.55 Å². The summed E-state index contributed by atoms with van der Waals surface area (Å²) in [7, 11) is -5.44. The average Bonchev–Trinajstić information content (AvgIpc) is 2.17. The van der Waals surface area contributed by atoms with E-state index in [1.165, 1.54) is 24.3 Å². The van der Waals surface area contributed by atoms with Crippen LogP contribution in [-0.2, 0) is 15.5 Å². The summed E-state index contributed by atoms with van der Waals surface area (Å²) in [6.45, 7) is 2.13. The van der Waals surface area contributed by atoms with Gasteiger partial charge >= 0.3 is 15.4 Å². The second-order valence-electron chi connectivity index (χ2n) is 3.98. The van der Waals surface area contributed by atoms with E-state index in [9.17, 15) is 17.2 Å². The van der Waals surface area contributed by atoms with E-state index in [-0.39, 0.29) is 5.56 Å². The van der Waals surface area contributed by atoms with Gasteiger partial charge in [-0.1, -0.05) is 30.3 Å². The molecule has 0 atom stereocenters. The molecule has 0 amide bonds. The molecule has 0 spiro atoms. The largest absolute Gasteiger partial charge is 0.378 e. The molecule has 3 nitrogen and oxygen atoms in total. The van der Waals surface area contributed by atoms with Crippen LogP contribution in [0.1, 0.15) is 19.4 Å². The van der Waals surface area contributed by atoms with Crippen LogP contribution in [-0.4, -0.2) is 18.2 Å². The van der Waals surface area contributed by atoms with Gasteiger partial charge in [-0.2, -0.15) is 17.2 Å². The van der Waals surface area contributed by atoms with Gasteiger partial charge in [0.15, 0.2) is 0 Å². The van der Waals surface area contributed by atoms with Crippen molar-refractivity contribution in [3.63, 3.8) is 0 Å². The SMILES string of the molecule is CC(C)(c1ccccc1)C(F)(F)S(=O)(=O)O. The van der Waals surface area contributed by atoms with E-state index in [1.807, 2.05) is 0 Å². The van der Waals surface area contributed by atoms with E-state index in [0.29, 0.717) is 0 Å². The summed E-state index contributed by atoms with van der Waals surface area (Å²) in [5.41, 5.74) is -1.86. The van der Waals surface area contributed by atoms with Crippen LogP contribution in [0.3, 0.4) is 0 Å². The van der Waals surface area contributed by atoms with Gasteiger partial charge in [0, 0.05) is 0 Å². The minimum atomic E-state index is -5.44. The fourth-order valence-electron chi connectivity index (χ4n) is 1.35. The predicted molar refractivity (Wildman–Crippen MR) is 56.0 cm³/mol. The van der Waals surface area contributed by atoms with Crippen LogP contribution in [0.5, 0.6) is 0 Å². The van der Waals surface area contributed by atoms with Crippen molar-refractivity contribution < 1.29 is 21.8 Å². The molecule has 0 fully saturated rings. The normalized spacial score (nSPS) is 13.8. The number of benzene rings is 1. The van der Waals surface area contributed by atoms with Crippen molar-refractivity contribution in [1.82, 2.24) is 0 Å². The van der Waals surface area contributed by atoms with E-state index < -0.39 is 20.8 Å². The summed E-state index contributed by atoms with van der Waals surface area (Å²) in [6.07, 6.45) is 0. The Labute approximate surface area is 92.9 Å². The van der Waals surface area contributed by atoms with Crippen LogP contribution in [0.2, 0.25) is 0 Å². The van der Waals surface area contributed by atoms with E-state index in [0.717, 1.165) is 13.8 Å². The fraction of sp³-hybridized carbons (Fsp3) is 0.400. The van der Waals surface area contributed by atoms with Crippen molar-refractivity contribution in [2.45, 2.75) is 24.5 Å². The van der Waals surface area contributed by atoms with Gasteiger partial charge in [-0.15, -0.1) is 0 Å². The highest BCUT2D eigenvalue weighted by Gasteiger charge is 2.57. The molecule has 0 radical (unpaired) electrons. The minimum Gasteiger partial charge on any atom is -0.281 e. The third kappa shape index (κ3) is 1.94. The van der Waals surface area contributed by atoms with E-state index in [2.05, 4.69) is 0 Å². The van der Waals surface area contributed by atoms with Crippen molar-refractivity contribution in [3.05, 3.63) is 35.9 Å². The average molecular weight is 250 g/mol. The molecule has 0 unspecified atom stereocenters. The maximum absolute atomic E-state index is 13.6. The van der Waals surface area contributed by atoms with Crippen LogP contribution in [0, 0.1) is 0 Å². The molecule has 0 saturated carbocycles. The highest BCUT2D eigenvalue weighted by atomic mass is 32.2. The Kier molecular flexibility index (Phi) is 3.08. The van der Waals surface area contributed by atoms with Crippen molar-refractivity contribution in [2.24, 2.45) is 0 Å². The molecule has 90 valence electrons. The molecule has 0 aromatic heterocycles. The molecular weight excluding hydrogens is 238 g/mol. The van der Waals surface area contributed by atoms with Crippen LogP contribution in [0.4, 0.5) is 8.78 Å². The topological polar surface area (TPSA) is 54.4 Å². The zero-order valence-corrected chi connectivity index (χ0v) is 9.63. The third-order valence-electron chi connectivity index (χ3n) is 2.55. The zero-order chi connectivity index (χ0) is 12.6. The number of hydrogen-bond donors (Lipinski definition) is 1. The molecular formula is C10H12F2O3S. The Morgan fingerprint density at radius 2 is 1.56 bits per heavy atom. The molecule has 0 aliphatic rings. The van der Waals surface area contributed by atoms with Crippen LogP contribution >= 0.6 is 0 Å². The summed E-state index contributed by atoms with van der Waals surface area (Å²) >= 11 is 0. The van der Waals surface area contributed by atoms with Crippen molar-refractivity contribution >= 4 is 10.1 Å². The summed E-state index contributed by atoms with van der Waals surface area (Å²) in [4.78, 5) is 0. The zero-order valence-electron chi connectivity index (χ0n) is 8.81. The Morgan fingerprint density at radius 3 is 1.94 bits per heavy atom. The smallest absolute Gasteiger partial charge is 0.281 e. The van der Waals surface area contributed by atoms with Gasteiger partial charge in [-0.3, -0.25) is 4.55 Å². The maximum Gasteiger partial charge on any atom is 0.378 e. The molecule has 0 aliphatic heterocycles. The third-order valence-corrected chi connectivity index (χ3v) is 3.71. The van der Waals surface area contributed by atoms with Crippen LogP contribution in [0.25, 0.3) is 0 Å². The molecule has 0 aliphatic carbocycles. The number of rotatable bonds is 3. The summed E-state index contributed by atoms with van der Waals surface area (Å²) < 4.78 is 57.0.